The van der Waals surface area contributed by atoms with Crippen molar-refractivity contribution in [1.82, 2.24) is 5.32 Å². The minimum absolute atomic E-state index is 0.101. The lowest BCUT2D eigenvalue weighted by Crippen LogP contribution is -2.35. The van der Waals surface area contributed by atoms with E-state index in [4.69, 9.17) is 4.74 Å². The van der Waals surface area contributed by atoms with Crippen molar-refractivity contribution in [3.8, 4) is 5.75 Å². The molecule has 0 atom stereocenters. The van der Waals surface area contributed by atoms with Crippen LogP contribution in [0.15, 0.2) is 53.0 Å². The van der Waals surface area contributed by atoms with Gasteiger partial charge in [0, 0.05) is 5.69 Å². The molecular weight excluding hydrogens is 372 g/mol. The molecule has 2 amide bonds. The smallest absolute Gasteiger partial charge is 0.258 e. The predicted octanol–water partition coefficient (Wildman–Crippen LogP) is 3.15. The molecule has 0 aliphatic carbocycles. The summed E-state index contributed by atoms with van der Waals surface area (Å²) in [4.78, 5) is 23.7. The predicted molar refractivity (Wildman–Crippen MR) is 97.1 cm³/mol. The maximum absolute atomic E-state index is 11.9. The molecular formula is C18H19BrN2O3. The number of halogens is 1. The summed E-state index contributed by atoms with van der Waals surface area (Å²) in [7, 11) is 0. The first kappa shape index (κ1) is 18.0. The minimum atomic E-state index is -0.357. The highest BCUT2D eigenvalue weighted by Gasteiger charge is 2.09. The van der Waals surface area contributed by atoms with Crippen LogP contribution in [0.3, 0.4) is 0 Å². The number of hydrogen-bond acceptors (Lipinski definition) is 3. The van der Waals surface area contributed by atoms with Gasteiger partial charge < -0.3 is 15.4 Å². The van der Waals surface area contributed by atoms with Crippen molar-refractivity contribution < 1.29 is 14.3 Å². The highest BCUT2D eigenvalue weighted by atomic mass is 79.9. The van der Waals surface area contributed by atoms with Crippen molar-refractivity contribution in [3.05, 3.63) is 58.6 Å². The van der Waals surface area contributed by atoms with Gasteiger partial charge in [-0.15, -0.1) is 0 Å². The van der Waals surface area contributed by atoms with Gasteiger partial charge in [0.1, 0.15) is 5.75 Å². The molecule has 0 aliphatic heterocycles. The van der Waals surface area contributed by atoms with Crippen molar-refractivity contribution >= 4 is 33.4 Å². The average molecular weight is 391 g/mol. The van der Waals surface area contributed by atoms with E-state index < -0.39 is 0 Å². The van der Waals surface area contributed by atoms with E-state index >= 15 is 0 Å². The van der Waals surface area contributed by atoms with Crippen molar-refractivity contribution in [1.29, 1.82) is 0 Å². The SMILES string of the molecule is CCc1ccccc1NC(=O)CNC(=O)COc1ccccc1Br. The molecule has 0 aliphatic rings. The van der Waals surface area contributed by atoms with E-state index in [1.165, 1.54) is 0 Å². The van der Waals surface area contributed by atoms with Crippen LogP contribution in [0.1, 0.15) is 12.5 Å². The topological polar surface area (TPSA) is 67.4 Å². The van der Waals surface area contributed by atoms with Gasteiger partial charge in [-0.05, 0) is 46.1 Å². The van der Waals surface area contributed by atoms with Gasteiger partial charge in [0.05, 0.1) is 11.0 Å². The largest absolute Gasteiger partial charge is 0.483 e. The number of aryl methyl sites for hydroxylation is 1. The third-order valence-corrected chi connectivity index (χ3v) is 3.97. The highest BCUT2D eigenvalue weighted by molar-refractivity contribution is 9.10. The van der Waals surface area contributed by atoms with Crippen LogP contribution in [-0.4, -0.2) is 25.0 Å². The standard InChI is InChI=1S/C18H19BrN2O3/c1-2-13-7-3-5-9-15(13)21-17(22)11-20-18(23)12-24-16-10-6-4-8-14(16)19/h3-10H,2,11-12H2,1H3,(H,20,23)(H,21,22). The molecule has 2 rings (SSSR count). The quantitative estimate of drug-likeness (QED) is 0.762. The Morgan fingerprint density at radius 2 is 1.75 bits per heavy atom. The van der Waals surface area contributed by atoms with E-state index in [1.54, 1.807) is 6.07 Å². The molecule has 0 heterocycles. The van der Waals surface area contributed by atoms with Gasteiger partial charge in [-0.1, -0.05) is 37.3 Å². The van der Waals surface area contributed by atoms with Crippen LogP contribution in [0.5, 0.6) is 5.75 Å². The zero-order valence-electron chi connectivity index (χ0n) is 13.3. The number of carbonyl (C=O) groups is 2. The van der Waals surface area contributed by atoms with Crippen molar-refractivity contribution in [2.24, 2.45) is 0 Å². The number of carbonyl (C=O) groups excluding carboxylic acids is 2. The summed E-state index contributed by atoms with van der Waals surface area (Å²) in [5.74, 6) is -0.0520. The van der Waals surface area contributed by atoms with E-state index in [0.29, 0.717) is 5.75 Å². The lowest BCUT2D eigenvalue weighted by Gasteiger charge is -2.11. The van der Waals surface area contributed by atoms with Crippen LogP contribution >= 0.6 is 15.9 Å². The van der Waals surface area contributed by atoms with Gasteiger partial charge in [-0.3, -0.25) is 9.59 Å². The monoisotopic (exact) mass is 390 g/mol. The van der Waals surface area contributed by atoms with Crippen molar-refractivity contribution in [2.45, 2.75) is 13.3 Å². The normalized spacial score (nSPS) is 10.1. The second-order valence-corrected chi connectivity index (χ2v) is 5.91. The highest BCUT2D eigenvalue weighted by Crippen LogP contribution is 2.23. The number of benzene rings is 2. The summed E-state index contributed by atoms with van der Waals surface area (Å²) in [6.45, 7) is 1.77. The van der Waals surface area contributed by atoms with Gasteiger partial charge in [-0.2, -0.15) is 0 Å². The Bertz CT molecular complexity index is 719. The fraction of sp³-hybridized carbons (Fsp3) is 0.222. The maximum atomic E-state index is 11.9. The summed E-state index contributed by atoms with van der Waals surface area (Å²) in [5.41, 5.74) is 1.82. The third kappa shape index (κ3) is 5.38. The molecule has 0 unspecified atom stereocenters. The molecule has 0 fully saturated rings. The summed E-state index contributed by atoms with van der Waals surface area (Å²) < 4.78 is 6.17. The minimum Gasteiger partial charge on any atom is -0.483 e. The summed E-state index contributed by atoms with van der Waals surface area (Å²) in [6.07, 6.45) is 0.822. The second-order valence-electron chi connectivity index (χ2n) is 5.05. The molecule has 0 radical (unpaired) electrons. The Hall–Kier alpha value is -2.34. The molecule has 0 spiro atoms. The molecule has 2 aromatic rings. The van der Waals surface area contributed by atoms with Crippen LogP contribution in [-0.2, 0) is 16.0 Å². The first-order valence-electron chi connectivity index (χ1n) is 7.62. The summed E-state index contributed by atoms with van der Waals surface area (Å²) in [6, 6.07) is 14.8. The van der Waals surface area contributed by atoms with Gasteiger partial charge in [0.25, 0.3) is 5.91 Å². The maximum Gasteiger partial charge on any atom is 0.258 e. The van der Waals surface area contributed by atoms with Crippen LogP contribution in [0, 0.1) is 0 Å². The van der Waals surface area contributed by atoms with E-state index in [9.17, 15) is 9.59 Å². The zero-order valence-corrected chi connectivity index (χ0v) is 14.9. The number of hydrogen-bond donors (Lipinski definition) is 2. The third-order valence-electron chi connectivity index (χ3n) is 3.31. The van der Waals surface area contributed by atoms with Gasteiger partial charge in [-0.25, -0.2) is 0 Å². The number of nitrogens with one attached hydrogen (secondary N) is 2. The summed E-state index contributed by atoms with van der Waals surface area (Å²) >= 11 is 3.34. The van der Waals surface area contributed by atoms with E-state index in [1.807, 2.05) is 49.4 Å². The number of para-hydroxylation sites is 2. The molecule has 0 aromatic heterocycles. The number of ether oxygens (including phenoxy) is 1. The first-order valence-corrected chi connectivity index (χ1v) is 8.41. The van der Waals surface area contributed by atoms with Crippen LogP contribution in [0.25, 0.3) is 0 Å². The number of anilines is 1. The number of rotatable bonds is 7. The lowest BCUT2D eigenvalue weighted by atomic mass is 10.1. The molecule has 126 valence electrons. The van der Waals surface area contributed by atoms with E-state index in [2.05, 4.69) is 26.6 Å². The molecule has 24 heavy (non-hydrogen) atoms. The van der Waals surface area contributed by atoms with Crippen LogP contribution in [0.2, 0.25) is 0 Å². The molecule has 0 saturated heterocycles. The second kappa shape index (κ2) is 9.08. The fourth-order valence-electron chi connectivity index (χ4n) is 2.08. The zero-order chi connectivity index (χ0) is 17.4. The van der Waals surface area contributed by atoms with Crippen molar-refractivity contribution in [3.63, 3.8) is 0 Å². The molecule has 0 bridgehead atoms. The Morgan fingerprint density at radius 1 is 1.04 bits per heavy atom. The summed E-state index contributed by atoms with van der Waals surface area (Å²) in [5, 5.41) is 5.34. The lowest BCUT2D eigenvalue weighted by molar-refractivity contribution is -0.125. The molecule has 2 aromatic carbocycles. The Morgan fingerprint density at radius 3 is 2.50 bits per heavy atom. The molecule has 6 heteroatoms. The molecule has 0 saturated carbocycles. The Balaban J connectivity index is 1.77. The Labute approximate surface area is 149 Å². The van der Waals surface area contributed by atoms with Gasteiger partial charge in [0.15, 0.2) is 6.61 Å². The average Bonchev–Trinajstić information content (AvgIpc) is 2.59. The molecule has 2 N–H and O–H groups in total. The first-order chi connectivity index (χ1) is 11.6. The van der Waals surface area contributed by atoms with Crippen molar-refractivity contribution in [2.75, 3.05) is 18.5 Å². The van der Waals surface area contributed by atoms with Gasteiger partial charge in [0.2, 0.25) is 5.91 Å². The van der Waals surface area contributed by atoms with Crippen LogP contribution < -0.4 is 15.4 Å². The molecule has 5 nitrogen and oxygen atoms in total. The Kier molecular flexibility index (Phi) is 6.81. The fourth-order valence-corrected chi connectivity index (χ4v) is 2.48. The van der Waals surface area contributed by atoms with E-state index in [0.717, 1.165) is 22.1 Å². The van der Waals surface area contributed by atoms with Crippen LogP contribution in [0.4, 0.5) is 5.69 Å². The van der Waals surface area contributed by atoms with E-state index in [-0.39, 0.29) is 25.0 Å². The number of amides is 2. The van der Waals surface area contributed by atoms with Gasteiger partial charge >= 0.3 is 0 Å².